The zero-order valence-electron chi connectivity index (χ0n) is 19.5. The molecular formula is C31H34. The molecule has 2 aliphatic rings. The molecular weight excluding hydrogens is 372 g/mol. The molecule has 31 heavy (non-hydrogen) atoms. The Morgan fingerprint density at radius 1 is 0.677 bits per heavy atom. The molecule has 0 saturated heterocycles. The lowest BCUT2D eigenvalue weighted by Crippen LogP contribution is -1.97. The monoisotopic (exact) mass is 406 g/mol. The van der Waals surface area contributed by atoms with Gasteiger partial charge in [-0.1, -0.05) is 108 Å². The third-order valence-corrected chi connectivity index (χ3v) is 7.20. The second-order valence-corrected chi connectivity index (χ2v) is 10.1. The first-order valence-corrected chi connectivity index (χ1v) is 12.0. The first kappa shape index (κ1) is 20.3. The maximum atomic E-state index is 2.55. The van der Waals surface area contributed by atoms with Crippen molar-refractivity contribution in [2.75, 3.05) is 0 Å². The molecule has 0 atom stereocenters. The summed E-state index contributed by atoms with van der Waals surface area (Å²) < 4.78 is 0. The van der Waals surface area contributed by atoms with E-state index in [9.17, 15) is 0 Å². The van der Waals surface area contributed by atoms with E-state index >= 15 is 0 Å². The summed E-state index contributed by atoms with van der Waals surface area (Å²) in [5, 5.41) is 0. The highest BCUT2D eigenvalue weighted by atomic mass is 14.3. The van der Waals surface area contributed by atoms with Crippen molar-refractivity contribution in [3.63, 3.8) is 0 Å². The molecule has 5 rings (SSSR count). The highest BCUT2D eigenvalue weighted by molar-refractivity contribution is 5.87. The lowest BCUT2D eigenvalue weighted by Gasteiger charge is -2.16. The van der Waals surface area contributed by atoms with E-state index in [1.165, 1.54) is 87.7 Å². The van der Waals surface area contributed by atoms with Crippen LogP contribution in [0.4, 0.5) is 0 Å². The summed E-state index contributed by atoms with van der Waals surface area (Å²) in [4.78, 5) is 0. The Labute approximate surface area is 188 Å². The number of hydrogen-bond acceptors (Lipinski definition) is 0. The minimum absolute atomic E-state index is 0.898. The predicted molar refractivity (Wildman–Crippen MR) is 135 cm³/mol. The Balaban J connectivity index is 1.63. The van der Waals surface area contributed by atoms with Gasteiger partial charge >= 0.3 is 0 Å². The van der Waals surface area contributed by atoms with E-state index in [0.717, 1.165) is 12.3 Å². The average Bonchev–Trinajstić information content (AvgIpc) is 3.35. The fourth-order valence-electron chi connectivity index (χ4n) is 6.00. The van der Waals surface area contributed by atoms with Gasteiger partial charge in [-0.2, -0.15) is 0 Å². The maximum Gasteiger partial charge on any atom is -0.00513 e. The van der Waals surface area contributed by atoms with Gasteiger partial charge in [-0.15, -0.1) is 0 Å². The topological polar surface area (TPSA) is 0 Å². The van der Waals surface area contributed by atoms with Crippen molar-refractivity contribution in [1.82, 2.24) is 0 Å². The van der Waals surface area contributed by atoms with E-state index < -0.39 is 0 Å². The molecule has 0 aliphatic heterocycles. The van der Waals surface area contributed by atoms with Gasteiger partial charge in [0.15, 0.2) is 0 Å². The van der Waals surface area contributed by atoms with Crippen molar-refractivity contribution in [2.45, 2.75) is 66.2 Å². The lowest BCUT2D eigenvalue weighted by molar-refractivity contribution is 0.541. The van der Waals surface area contributed by atoms with E-state index in [0.29, 0.717) is 0 Å². The van der Waals surface area contributed by atoms with Gasteiger partial charge in [-0.3, -0.25) is 0 Å². The second-order valence-electron chi connectivity index (χ2n) is 10.1. The summed E-state index contributed by atoms with van der Waals surface area (Å²) in [5.74, 6) is 0.898. The van der Waals surface area contributed by atoms with Gasteiger partial charge in [0.2, 0.25) is 0 Å². The minimum atomic E-state index is 0.898. The molecule has 0 radical (unpaired) electrons. The smallest absolute Gasteiger partial charge is 0.00513 e. The third kappa shape index (κ3) is 4.13. The molecule has 0 spiro atoms. The number of rotatable bonds is 4. The van der Waals surface area contributed by atoms with E-state index in [1.807, 2.05) is 0 Å². The van der Waals surface area contributed by atoms with Crippen LogP contribution < -0.4 is 0 Å². The lowest BCUT2D eigenvalue weighted by atomic mass is 9.88. The van der Waals surface area contributed by atoms with Crippen LogP contribution in [0.15, 0.2) is 54.1 Å². The zero-order chi connectivity index (χ0) is 21.5. The first-order chi connectivity index (χ1) is 15.0. The highest BCUT2D eigenvalue weighted by Crippen LogP contribution is 2.43. The van der Waals surface area contributed by atoms with Crippen LogP contribution in [0.2, 0.25) is 0 Å². The van der Waals surface area contributed by atoms with Gasteiger partial charge in [-0.05, 0) is 79.8 Å². The number of aryl methyl sites for hydroxylation is 4. The molecule has 1 saturated carbocycles. The van der Waals surface area contributed by atoms with Gasteiger partial charge in [0.05, 0.1) is 0 Å². The molecule has 2 aliphatic carbocycles. The number of allylic oxidation sites excluding steroid dienone is 1. The molecule has 0 unspecified atom stereocenters. The fraction of sp³-hybridized carbons (Fsp3) is 0.355. The van der Waals surface area contributed by atoms with Crippen LogP contribution in [0, 0.1) is 33.6 Å². The van der Waals surface area contributed by atoms with Crippen LogP contribution in [0.3, 0.4) is 0 Å². The Hall–Kier alpha value is -2.60. The normalized spacial score (nSPS) is 15.9. The predicted octanol–water partition coefficient (Wildman–Crippen LogP) is 8.77. The number of hydrogen-bond donors (Lipinski definition) is 0. The van der Waals surface area contributed by atoms with Gasteiger partial charge in [0, 0.05) is 0 Å². The van der Waals surface area contributed by atoms with Gasteiger partial charge in [0.25, 0.3) is 0 Å². The minimum Gasteiger partial charge on any atom is -0.0649 e. The number of benzene rings is 3. The molecule has 1 fully saturated rings. The van der Waals surface area contributed by atoms with Crippen molar-refractivity contribution in [2.24, 2.45) is 5.92 Å². The quantitative estimate of drug-likeness (QED) is 0.406. The third-order valence-electron chi connectivity index (χ3n) is 7.20. The maximum absolute atomic E-state index is 2.55. The Bertz CT molecular complexity index is 1130. The molecule has 0 bridgehead atoms. The Kier molecular flexibility index (Phi) is 5.34. The Morgan fingerprint density at radius 3 is 1.77 bits per heavy atom. The second kappa shape index (κ2) is 8.15. The molecule has 0 nitrogen and oxygen atoms in total. The van der Waals surface area contributed by atoms with Crippen LogP contribution in [0.1, 0.15) is 65.5 Å². The molecule has 3 aromatic carbocycles. The van der Waals surface area contributed by atoms with E-state index in [-0.39, 0.29) is 0 Å². The highest BCUT2D eigenvalue weighted by Gasteiger charge is 2.24. The van der Waals surface area contributed by atoms with Crippen molar-refractivity contribution in [3.05, 3.63) is 87.5 Å². The van der Waals surface area contributed by atoms with Gasteiger partial charge < -0.3 is 0 Å². The van der Waals surface area contributed by atoms with Crippen LogP contribution in [-0.4, -0.2) is 0 Å². The summed E-state index contributed by atoms with van der Waals surface area (Å²) in [7, 11) is 0. The molecule has 0 heterocycles. The van der Waals surface area contributed by atoms with Crippen LogP contribution in [0.25, 0.3) is 28.3 Å². The van der Waals surface area contributed by atoms with Crippen molar-refractivity contribution < 1.29 is 0 Å². The molecule has 0 aromatic heterocycles. The van der Waals surface area contributed by atoms with Crippen LogP contribution >= 0.6 is 0 Å². The molecule has 158 valence electrons. The molecule has 0 amide bonds. The summed E-state index contributed by atoms with van der Waals surface area (Å²) in [5.41, 5.74) is 15.6. The molecule has 3 aromatic rings. The largest absolute Gasteiger partial charge is 0.0649 e. The van der Waals surface area contributed by atoms with E-state index in [1.54, 1.807) is 5.57 Å². The molecule has 0 N–H and O–H groups in total. The van der Waals surface area contributed by atoms with Crippen molar-refractivity contribution in [1.29, 1.82) is 0 Å². The van der Waals surface area contributed by atoms with E-state index in [2.05, 4.69) is 82.3 Å². The van der Waals surface area contributed by atoms with Crippen molar-refractivity contribution >= 4 is 6.08 Å². The van der Waals surface area contributed by atoms with Gasteiger partial charge in [-0.25, -0.2) is 0 Å². The first-order valence-electron chi connectivity index (χ1n) is 12.0. The summed E-state index contributed by atoms with van der Waals surface area (Å²) in [6, 6.07) is 18.7. The standard InChI is InChI=1S/C31H34/c1-20-11-21(2)14-26(13-20)28-9-10-29(27-15-22(3)12-23(4)16-27)31-19-25(18-30(28)31)17-24-7-5-6-8-24/h9-16,18,24H,5-8,17,19H2,1-4H3. The van der Waals surface area contributed by atoms with Crippen molar-refractivity contribution in [3.8, 4) is 22.3 Å². The van der Waals surface area contributed by atoms with Gasteiger partial charge in [0.1, 0.15) is 0 Å². The number of fused-ring (bicyclic) bond motifs is 1. The Morgan fingerprint density at radius 2 is 1.19 bits per heavy atom. The average molecular weight is 407 g/mol. The molecule has 0 heteroatoms. The summed E-state index contributed by atoms with van der Waals surface area (Å²) >= 11 is 0. The summed E-state index contributed by atoms with van der Waals surface area (Å²) in [6.07, 6.45) is 10.6. The fourth-order valence-corrected chi connectivity index (χ4v) is 6.00. The summed E-state index contributed by atoms with van der Waals surface area (Å²) in [6.45, 7) is 8.85. The van der Waals surface area contributed by atoms with Crippen LogP contribution in [-0.2, 0) is 6.42 Å². The van der Waals surface area contributed by atoms with E-state index in [4.69, 9.17) is 0 Å². The zero-order valence-corrected chi connectivity index (χ0v) is 19.5. The SMILES string of the molecule is Cc1cc(C)cc(-c2ccc(-c3cc(C)cc(C)c3)c3c2C=C(CC2CCCC2)C3)c1. The van der Waals surface area contributed by atoms with Crippen LogP contribution in [0.5, 0.6) is 0 Å².